The lowest BCUT2D eigenvalue weighted by Crippen LogP contribution is -2.32. The van der Waals surface area contributed by atoms with Gasteiger partial charge in [0.2, 0.25) is 0 Å². The number of para-hydroxylation sites is 1. The number of rotatable bonds is 6. The lowest BCUT2D eigenvalue weighted by Gasteiger charge is -2.27. The van der Waals surface area contributed by atoms with Crippen LogP contribution < -0.4 is 4.74 Å². The number of ketones is 1. The molecule has 1 aliphatic rings. The van der Waals surface area contributed by atoms with Crippen LogP contribution in [0.5, 0.6) is 5.75 Å². The van der Waals surface area contributed by atoms with Gasteiger partial charge in [0.25, 0.3) is 5.91 Å². The van der Waals surface area contributed by atoms with Crippen molar-refractivity contribution in [2.45, 2.75) is 32.7 Å². The van der Waals surface area contributed by atoms with E-state index in [-0.39, 0.29) is 17.8 Å². The summed E-state index contributed by atoms with van der Waals surface area (Å²) in [6.45, 7) is 4.13. The molecule has 2 rings (SSSR count). The van der Waals surface area contributed by atoms with Gasteiger partial charge in [-0.25, -0.2) is 0 Å². The molecule has 0 saturated carbocycles. The first-order chi connectivity index (χ1) is 10.6. The number of hydrogen-bond donors (Lipinski definition) is 1. The van der Waals surface area contributed by atoms with E-state index in [4.69, 9.17) is 4.74 Å². The van der Waals surface area contributed by atoms with Crippen LogP contribution in [0.25, 0.3) is 0 Å². The van der Waals surface area contributed by atoms with Gasteiger partial charge in [0.1, 0.15) is 5.75 Å². The van der Waals surface area contributed by atoms with Crippen LogP contribution >= 0.6 is 0 Å². The Morgan fingerprint density at radius 2 is 2.00 bits per heavy atom. The molecule has 22 heavy (non-hydrogen) atoms. The molecule has 0 saturated heterocycles. The van der Waals surface area contributed by atoms with Crippen molar-refractivity contribution < 1.29 is 19.4 Å². The minimum atomic E-state index is -0.587. The van der Waals surface area contributed by atoms with Crippen LogP contribution in [-0.4, -0.2) is 35.4 Å². The van der Waals surface area contributed by atoms with Crippen LogP contribution in [0.2, 0.25) is 0 Å². The van der Waals surface area contributed by atoms with Crippen molar-refractivity contribution in [2.75, 3.05) is 13.7 Å². The Bertz CT molecular complexity index is 621. The molecule has 1 aromatic carbocycles. The highest BCUT2D eigenvalue weighted by molar-refractivity contribution is 6.08. The highest BCUT2D eigenvalue weighted by Crippen LogP contribution is 2.41. The maximum absolute atomic E-state index is 12.3. The van der Waals surface area contributed by atoms with Crippen LogP contribution in [0.4, 0.5) is 0 Å². The van der Waals surface area contributed by atoms with E-state index in [2.05, 4.69) is 0 Å². The van der Waals surface area contributed by atoms with Crippen molar-refractivity contribution in [1.29, 1.82) is 0 Å². The molecule has 0 aromatic heterocycles. The molecule has 1 N–H and O–H groups in total. The van der Waals surface area contributed by atoms with Gasteiger partial charge in [0, 0.05) is 18.5 Å². The van der Waals surface area contributed by atoms with E-state index in [1.165, 1.54) is 4.90 Å². The van der Waals surface area contributed by atoms with Gasteiger partial charge in [0.15, 0.2) is 11.5 Å². The van der Waals surface area contributed by atoms with E-state index < -0.39 is 17.7 Å². The van der Waals surface area contributed by atoms with E-state index >= 15 is 0 Å². The molecular weight excluding hydrogens is 282 g/mol. The maximum atomic E-state index is 12.3. The molecule has 5 heteroatoms. The largest absolute Gasteiger partial charge is 0.503 e. The Morgan fingerprint density at radius 3 is 2.59 bits per heavy atom. The molecule has 1 aliphatic heterocycles. The second-order valence-corrected chi connectivity index (χ2v) is 5.18. The maximum Gasteiger partial charge on any atom is 0.290 e. The first kappa shape index (κ1) is 16.1. The minimum Gasteiger partial charge on any atom is -0.503 e. The van der Waals surface area contributed by atoms with Crippen molar-refractivity contribution in [3.05, 3.63) is 41.2 Å². The number of carbonyl (C=O) groups excluding carboxylic acids is 2. The van der Waals surface area contributed by atoms with Gasteiger partial charge >= 0.3 is 0 Å². The molecule has 1 heterocycles. The van der Waals surface area contributed by atoms with Crippen LogP contribution in [0.1, 0.15) is 38.3 Å². The average molecular weight is 303 g/mol. The van der Waals surface area contributed by atoms with Gasteiger partial charge in [-0.15, -0.1) is 0 Å². The lowest BCUT2D eigenvalue weighted by molar-refractivity contribution is -0.129. The number of nitrogens with zero attached hydrogens (tertiary/aromatic N) is 1. The molecule has 118 valence electrons. The number of Topliss-reactive ketones (excluding diaryl/α,β-unsaturated/α-hetero) is 1. The molecule has 1 unspecified atom stereocenters. The summed E-state index contributed by atoms with van der Waals surface area (Å²) in [4.78, 5) is 26.1. The van der Waals surface area contributed by atoms with Gasteiger partial charge in [-0.05, 0) is 12.5 Å². The number of ether oxygens (including phenoxy) is 1. The van der Waals surface area contributed by atoms with E-state index in [0.29, 0.717) is 17.9 Å². The SMILES string of the molecule is CCCN1C(=O)C(O)=C(C(=O)CC)C1c1ccccc1OC. The number of amides is 1. The van der Waals surface area contributed by atoms with Crippen LogP contribution in [0.15, 0.2) is 35.6 Å². The zero-order valence-corrected chi connectivity index (χ0v) is 13.1. The number of benzene rings is 1. The van der Waals surface area contributed by atoms with Gasteiger partial charge in [-0.3, -0.25) is 9.59 Å². The number of carbonyl (C=O) groups is 2. The Labute approximate surface area is 130 Å². The van der Waals surface area contributed by atoms with Gasteiger partial charge < -0.3 is 14.7 Å². The highest BCUT2D eigenvalue weighted by atomic mass is 16.5. The first-order valence-electron chi connectivity index (χ1n) is 7.46. The molecule has 1 amide bonds. The second-order valence-electron chi connectivity index (χ2n) is 5.18. The molecule has 0 bridgehead atoms. The van der Waals surface area contributed by atoms with E-state index in [9.17, 15) is 14.7 Å². The fourth-order valence-corrected chi connectivity index (χ4v) is 2.82. The van der Waals surface area contributed by atoms with Crippen LogP contribution in [0, 0.1) is 0 Å². The Morgan fingerprint density at radius 1 is 1.32 bits per heavy atom. The Kier molecular flexibility index (Phi) is 4.85. The zero-order valence-electron chi connectivity index (χ0n) is 13.1. The monoisotopic (exact) mass is 303 g/mol. The topological polar surface area (TPSA) is 66.8 Å². The molecule has 5 nitrogen and oxygen atoms in total. The standard InChI is InChI=1S/C17H21NO4/c1-4-10-18-15(11-8-6-7-9-13(11)22-3)14(12(19)5-2)16(20)17(18)21/h6-9,15,20H,4-5,10H2,1-3H3. The van der Waals surface area contributed by atoms with Crippen LogP contribution in [0.3, 0.4) is 0 Å². The van der Waals surface area contributed by atoms with Crippen molar-refractivity contribution in [3.63, 3.8) is 0 Å². The van der Waals surface area contributed by atoms with Crippen molar-refractivity contribution in [1.82, 2.24) is 4.90 Å². The summed E-state index contributed by atoms with van der Waals surface area (Å²) < 4.78 is 5.36. The highest BCUT2D eigenvalue weighted by Gasteiger charge is 2.43. The summed E-state index contributed by atoms with van der Waals surface area (Å²) in [7, 11) is 1.55. The molecule has 0 spiro atoms. The molecule has 1 atom stereocenters. The van der Waals surface area contributed by atoms with Gasteiger partial charge in [0.05, 0.1) is 18.7 Å². The third kappa shape index (κ3) is 2.58. The normalized spacial score (nSPS) is 18.0. The number of methoxy groups -OCH3 is 1. The summed E-state index contributed by atoms with van der Waals surface area (Å²) in [5, 5.41) is 10.2. The predicted octanol–water partition coefficient (Wildman–Crippen LogP) is 2.78. The minimum absolute atomic E-state index is 0.172. The third-order valence-corrected chi connectivity index (χ3v) is 3.82. The third-order valence-electron chi connectivity index (χ3n) is 3.82. The van der Waals surface area contributed by atoms with Gasteiger partial charge in [-0.2, -0.15) is 0 Å². The molecule has 0 radical (unpaired) electrons. The van der Waals surface area contributed by atoms with Crippen molar-refractivity contribution in [2.24, 2.45) is 0 Å². The molecule has 1 aromatic rings. The number of hydrogen-bond acceptors (Lipinski definition) is 4. The number of aliphatic hydroxyl groups excluding tert-OH is 1. The Balaban J connectivity index is 2.60. The van der Waals surface area contributed by atoms with E-state index in [1.807, 2.05) is 25.1 Å². The van der Waals surface area contributed by atoms with Gasteiger partial charge in [-0.1, -0.05) is 32.0 Å². The van der Waals surface area contributed by atoms with Crippen LogP contribution in [-0.2, 0) is 9.59 Å². The molecule has 0 aliphatic carbocycles. The summed E-state index contributed by atoms with van der Waals surface area (Å²) in [5.41, 5.74) is 0.887. The van der Waals surface area contributed by atoms with Crippen molar-refractivity contribution >= 4 is 11.7 Å². The average Bonchev–Trinajstić information content (AvgIpc) is 2.79. The molecule has 0 fully saturated rings. The fourth-order valence-electron chi connectivity index (χ4n) is 2.82. The quantitative estimate of drug-likeness (QED) is 0.877. The lowest BCUT2D eigenvalue weighted by atomic mass is 9.94. The summed E-state index contributed by atoms with van der Waals surface area (Å²) >= 11 is 0. The fraction of sp³-hybridized carbons (Fsp3) is 0.412. The Hall–Kier alpha value is -2.30. The van der Waals surface area contributed by atoms with Crippen molar-refractivity contribution in [3.8, 4) is 5.75 Å². The predicted molar refractivity (Wildman–Crippen MR) is 82.7 cm³/mol. The summed E-state index contributed by atoms with van der Waals surface area (Å²) in [5.74, 6) is -0.552. The summed E-state index contributed by atoms with van der Waals surface area (Å²) in [6.07, 6.45) is 0.969. The smallest absolute Gasteiger partial charge is 0.290 e. The molecular formula is C17H21NO4. The van der Waals surface area contributed by atoms with E-state index in [0.717, 1.165) is 6.42 Å². The first-order valence-corrected chi connectivity index (χ1v) is 7.46. The second kappa shape index (κ2) is 6.64. The summed E-state index contributed by atoms with van der Waals surface area (Å²) in [6, 6.07) is 6.68. The van der Waals surface area contributed by atoms with E-state index in [1.54, 1.807) is 20.1 Å². The number of aliphatic hydroxyl groups is 1. The zero-order chi connectivity index (χ0) is 16.3.